The van der Waals surface area contributed by atoms with Crippen LogP contribution in [0.2, 0.25) is 0 Å². The molecule has 5 aliphatic carbocycles. The van der Waals surface area contributed by atoms with Gasteiger partial charge >= 0.3 is 5.97 Å². The van der Waals surface area contributed by atoms with E-state index >= 15 is 0 Å². The van der Waals surface area contributed by atoms with Gasteiger partial charge in [0, 0.05) is 11.3 Å². The smallest absolute Gasteiger partial charge is 0.312 e. The molecule has 0 aromatic carbocycles. The number of esters is 1. The molecule has 12 atom stereocenters. The normalized spacial score (nSPS) is 56.6. The Labute approximate surface area is 222 Å². The Bertz CT molecular complexity index is 1000. The molecule has 6 heteroatoms. The van der Waals surface area contributed by atoms with Crippen LogP contribution in [0.25, 0.3) is 0 Å². The van der Waals surface area contributed by atoms with E-state index in [1.807, 2.05) is 20.8 Å². The molecule has 0 bridgehead atoms. The highest BCUT2D eigenvalue weighted by molar-refractivity contribution is 5.79. The predicted molar refractivity (Wildman–Crippen MR) is 141 cm³/mol. The molecule has 12 unspecified atom stereocenters. The number of carbonyl (C=O) groups is 1. The Hall–Kier alpha value is -0.950. The fourth-order valence-electron chi connectivity index (χ4n) is 11.1. The van der Waals surface area contributed by atoms with Crippen molar-refractivity contribution in [3.8, 4) is 0 Å². The third kappa shape index (κ3) is 3.05. The van der Waals surface area contributed by atoms with Crippen molar-refractivity contribution in [2.45, 2.75) is 117 Å². The maximum absolute atomic E-state index is 13.4. The Morgan fingerprint density at radius 3 is 2.19 bits per heavy atom. The first kappa shape index (κ1) is 27.6. The van der Waals surface area contributed by atoms with Gasteiger partial charge in [-0.25, -0.2) is 0 Å². The van der Waals surface area contributed by atoms with Crippen LogP contribution in [0.15, 0.2) is 11.6 Å². The number of ether oxygens (including phenoxy) is 1. The summed E-state index contributed by atoms with van der Waals surface area (Å²) >= 11 is 0. The van der Waals surface area contributed by atoms with Gasteiger partial charge in [0.25, 0.3) is 0 Å². The summed E-state index contributed by atoms with van der Waals surface area (Å²) in [7, 11) is 1.47. The van der Waals surface area contributed by atoms with Crippen LogP contribution >= 0.6 is 0 Å². The van der Waals surface area contributed by atoms with Crippen molar-refractivity contribution in [1.82, 2.24) is 0 Å². The molecule has 5 rings (SSSR count). The second-order valence-corrected chi connectivity index (χ2v) is 15.1. The van der Waals surface area contributed by atoms with Crippen LogP contribution in [0, 0.1) is 50.7 Å². The van der Waals surface area contributed by atoms with E-state index in [1.54, 1.807) is 0 Å². The minimum Gasteiger partial charge on any atom is -0.469 e. The number of rotatable bonds is 1. The molecular weight excluding hydrogens is 468 g/mol. The maximum Gasteiger partial charge on any atom is 0.312 e. The minimum atomic E-state index is -1.19. The summed E-state index contributed by atoms with van der Waals surface area (Å²) in [6, 6.07) is 0. The van der Waals surface area contributed by atoms with E-state index < -0.39 is 40.2 Å². The van der Waals surface area contributed by atoms with Gasteiger partial charge in [-0.1, -0.05) is 53.2 Å². The predicted octanol–water partition coefficient (Wildman–Crippen LogP) is 4.23. The zero-order valence-corrected chi connectivity index (χ0v) is 24.2. The molecule has 4 saturated carbocycles. The Kier molecular flexibility index (Phi) is 6.01. The van der Waals surface area contributed by atoms with Crippen molar-refractivity contribution >= 4 is 5.97 Å². The first-order chi connectivity index (χ1) is 17.0. The van der Waals surface area contributed by atoms with Crippen molar-refractivity contribution in [3.05, 3.63) is 11.6 Å². The third-order valence-corrected chi connectivity index (χ3v) is 13.8. The average molecular weight is 519 g/mol. The highest BCUT2D eigenvalue weighted by Gasteiger charge is 2.73. The Morgan fingerprint density at radius 1 is 0.919 bits per heavy atom. The molecule has 210 valence electrons. The van der Waals surface area contributed by atoms with Crippen molar-refractivity contribution in [2.75, 3.05) is 7.11 Å². The van der Waals surface area contributed by atoms with Gasteiger partial charge in [0.2, 0.25) is 0 Å². The summed E-state index contributed by atoms with van der Waals surface area (Å²) in [4.78, 5) is 13.4. The lowest BCUT2D eigenvalue weighted by atomic mass is 9.32. The van der Waals surface area contributed by atoms with Gasteiger partial charge in [-0.3, -0.25) is 4.79 Å². The summed E-state index contributed by atoms with van der Waals surface area (Å²) in [5, 5.41) is 45.6. The average Bonchev–Trinajstić information content (AvgIpc) is 2.84. The summed E-state index contributed by atoms with van der Waals surface area (Å²) < 4.78 is 5.41. The first-order valence-electron chi connectivity index (χ1n) is 14.5. The molecule has 4 N–H and O–H groups in total. The van der Waals surface area contributed by atoms with E-state index in [4.69, 9.17) is 4.74 Å². The Morgan fingerprint density at radius 2 is 1.57 bits per heavy atom. The number of aliphatic hydroxyl groups excluding tert-OH is 3. The van der Waals surface area contributed by atoms with Gasteiger partial charge in [0.05, 0.1) is 30.3 Å². The summed E-state index contributed by atoms with van der Waals surface area (Å²) in [6.07, 6.45) is 4.69. The van der Waals surface area contributed by atoms with Gasteiger partial charge in [0.1, 0.15) is 6.10 Å². The number of hydrogen-bond donors (Lipinski definition) is 4. The lowest BCUT2D eigenvalue weighted by molar-refractivity contribution is -0.280. The molecule has 0 spiro atoms. The number of carbonyl (C=O) groups excluding carboxylic acids is 1. The van der Waals surface area contributed by atoms with Gasteiger partial charge in [-0.05, 0) is 85.9 Å². The maximum atomic E-state index is 13.4. The SMILES string of the molecule is COC(=O)C12CCC(C)C(C)(O)C1C1=CCC3C4(C)C(O)C(O)C(O)C(C)(C)C4CCC3(C)C1(C)CC2. The van der Waals surface area contributed by atoms with Crippen LogP contribution in [-0.4, -0.2) is 57.4 Å². The highest BCUT2D eigenvalue weighted by atomic mass is 16.5. The fraction of sp³-hybridized carbons (Fsp3) is 0.903. The van der Waals surface area contributed by atoms with E-state index in [0.717, 1.165) is 38.5 Å². The van der Waals surface area contributed by atoms with Crippen molar-refractivity contribution in [3.63, 3.8) is 0 Å². The number of fused-ring (bicyclic) bond motifs is 7. The van der Waals surface area contributed by atoms with E-state index in [2.05, 4.69) is 33.8 Å². The number of allylic oxidation sites excluding steroid dienone is 1. The lowest BCUT2D eigenvalue weighted by Crippen LogP contribution is -2.72. The summed E-state index contributed by atoms with van der Waals surface area (Å²) in [6.45, 7) is 14.9. The van der Waals surface area contributed by atoms with Gasteiger partial charge < -0.3 is 25.2 Å². The zero-order valence-electron chi connectivity index (χ0n) is 24.2. The number of hydrogen-bond acceptors (Lipinski definition) is 6. The molecule has 0 heterocycles. The molecule has 0 radical (unpaired) electrons. The largest absolute Gasteiger partial charge is 0.469 e. The van der Waals surface area contributed by atoms with Gasteiger partial charge in [0.15, 0.2) is 0 Å². The highest BCUT2D eigenvalue weighted by Crippen LogP contribution is 2.76. The van der Waals surface area contributed by atoms with Crippen LogP contribution < -0.4 is 0 Å². The van der Waals surface area contributed by atoms with Crippen LogP contribution in [-0.2, 0) is 9.53 Å². The first-order valence-corrected chi connectivity index (χ1v) is 14.5. The van der Waals surface area contributed by atoms with Crippen LogP contribution in [0.5, 0.6) is 0 Å². The van der Waals surface area contributed by atoms with Crippen molar-refractivity contribution < 1.29 is 30.0 Å². The van der Waals surface area contributed by atoms with E-state index in [0.29, 0.717) is 6.42 Å². The molecular formula is C31H50O6. The Balaban J connectivity index is 1.67. The molecule has 0 aromatic rings. The monoisotopic (exact) mass is 518 g/mol. The molecule has 0 amide bonds. The summed E-state index contributed by atoms with van der Waals surface area (Å²) in [5.74, 6) is -0.272. The number of methoxy groups -OCH3 is 1. The molecule has 0 aromatic heterocycles. The quantitative estimate of drug-likeness (QED) is 0.306. The second-order valence-electron chi connectivity index (χ2n) is 15.1. The van der Waals surface area contributed by atoms with Crippen molar-refractivity contribution in [1.29, 1.82) is 0 Å². The topological polar surface area (TPSA) is 107 Å². The summed E-state index contributed by atoms with van der Waals surface area (Å²) in [5.41, 5.74) is -2.09. The number of aliphatic hydroxyl groups is 4. The molecule has 4 fully saturated rings. The lowest BCUT2D eigenvalue weighted by Gasteiger charge is -2.72. The van der Waals surface area contributed by atoms with E-state index in [1.165, 1.54) is 12.7 Å². The molecule has 37 heavy (non-hydrogen) atoms. The van der Waals surface area contributed by atoms with Crippen LogP contribution in [0.3, 0.4) is 0 Å². The molecule has 6 nitrogen and oxygen atoms in total. The van der Waals surface area contributed by atoms with Crippen molar-refractivity contribution in [2.24, 2.45) is 50.7 Å². The van der Waals surface area contributed by atoms with E-state index in [-0.39, 0.29) is 40.5 Å². The second kappa shape index (κ2) is 8.05. The van der Waals surface area contributed by atoms with E-state index in [9.17, 15) is 25.2 Å². The van der Waals surface area contributed by atoms with Gasteiger partial charge in [-0.15, -0.1) is 0 Å². The van der Waals surface area contributed by atoms with Gasteiger partial charge in [-0.2, -0.15) is 0 Å². The molecule has 0 aliphatic heterocycles. The minimum absolute atomic E-state index is 0.0647. The standard InChI is InChI=1S/C31H50O6/c1-17-11-14-31(25(35)37-8)16-15-27(4)18(22(31)30(17,7)36)9-10-20-28(27,5)13-12-19-26(2,3)23(33)21(32)24(34)29(19,20)6/h9,17,19-24,32-34,36H,10-16H2,1-8H3. The zero-order chi connectivity index (χ0) is 27.6. The third-order valence-electron chi connectivity index (χ3n) is 13.8. The molecule has 0 saturated heterocycles. The molecule has 5 aliphatic rings. The fourth-order valence-corrected chi connectivity index (χ4v) is 11.1. The van der Waals surface area contributed by atoms with Crippen LogP contribution in [0.4, 0.5) is 0 Å². The van der Waals surface area contributed by atoms with Crippen LogP contribution in [0.1, 0.15) is 93.4 Å².